The summed E-state index contributed by atoms with van der Waals surface area (Å²) in [7, 11) is 1.29. The van der Waals surface area contributed by atoms with E-state index in [4.69, 9.17) is 5.11 Å². The molecule has 0 aliphatic carbocycles. The molecule has 0 saturated carbocycles. The standard InChI is InChI=1S/C16H19NO4/c1-4-17(11-15(19)21-3)16(20)14-10-13(6-5-9-18)8-7-12(14)2/h7-8,10,18H,4,9,11H2,1-3H3. The van der Waals surface area contributed by atoms with Crippen molar-refractivity contribution in [3.63, 3.8) is 0 Å². The normalized spacial score (nSPS) is 9.52. The van der Waals surface area contributed by atoms with Gasteiger partial charge in [0.05, 0.1) is 7.11 Å². The van der Waals surface area contributed by atoms with Crippen LogP contribution in [0.3, 0.4) is 0 Å². The molecule has 0 aliphatic rings. The molecular weight excluding hydrogens is 270 g/mol. The minimum atomic E-state index is -0.459. The molecule has 0 unspecified atom stereocenters. The van der Waals surface area contributed by atoms with Gasteiger partial charge < -0.3 is 14.7 Å². The number of rotatable bonds is 4. The molecule has 5 nitrogen and oxygen atoms in total. The summed E-state index contributed by atoms with van der Waals surface area (Å²) in [6, 6.07) is 5.24. The molecule has 5 heteroatoms. The maximum absolute atomic E-state index is 12.5. The third kappa shape index (κ3) is 4.62. The first-order valence-corrected chi connectivity index (χ1v) is 6.60. The first-order valence-electron chi connectivity index (χ1n) is 6.60. The van der Waals surface area contributed by atoms with E-state index in [1.807, 2.05) is 6.92 Å². The fraction of sp³-hybridized carbons (Fsp3) is 0.375. The topological polar surface area (TPSA) is 66.8 Å². The van der Waals surface area contributed by atoms with Crippen LogP contribution in [0.15, 0.2) is 18.2 Å². The zero-order valence-electron chi connectivity index (χ0n) is 12.5. The second-order valence-electron chi connectivity index (χ2n) is 4.39. The van der Waals surface area contributed by atoms with Gasteiger partial charge in [0, 0.05) is 17.7 Å². The molecule has 1 rings (SSSR count). The number of hydrogen-bond acceptors (Lipinski definition) is 4. The van der Waals surface area contributed by atoms with E-state index < -0.39 is 5.97 Å². The van der Waals surface area contributed by atoms with E-state index in [2.05, 4.69) is 16.6 Å². The molecular formula is C16H19NO4. The third-order valence-electron chi connectivity index (χ3n) is 3.00. The van der Waals surface area contributed by atoms with E-state index >= 15 is 0 Å². The number of benzene rings is 1. The molecule has 0 atom stereocenters. The second-order valence-corrected chi connectivity index (χ2v) is 4.39. The average molecular weight is 289 g/mol. The van der Waals surface area contributed by atoms with Crippen molar-refractivity contribution in [3.8, 4) is 11.8 Å². The highest BCUT2D eigenvalue weighted by Gasteiger charge is 2.19. The Hall–Kier alpha value is -2.32. The summed E-state index contributed by atoms with van der Waals surface area (Å²) >= 11 is 0. The van der Waals surface area contributed by atoms with Gasteiger partial charge in [0.1, 0.15) is 13.2 Å². The van der Waals surface area contributed by atoms with Gasteiger partial charge in [-0.3, -0.25) is 9.59 Å². The minimum Gasteiger partial charge on any atom is -0.468 e. The molecule has 0 aliphatic heterocycles. The van der Waals surface area contributed by atoms with Crippen LogP contribution >= 0.6 is 0 Å². The van der Waals surface area contributed by atoms with Crippen LogP contribution in [0, 0.1) is 18.8 Å². The maximum Gasteiger partial charge on any atom is 0.325 e. The van der Waals surface area contributed by atoms with Crippen molar-refractivity contribution < 1.29 is 19.4 Å². The lowest BCUT2D eigenvalue weighted by molar-refractivity contribution is -0.141. The Kier molecular flexibility index (Phi) is 6.44. The number of carbonyl (C=O) groups is 2. The van der Waals surface area contributed by atoms with Gasteiger partial charge in [-0.05, 0) is 31.5 Å². The largest absolute Gasteiger partial charge is 0.468 e. The molecule has 112 valence electrons. The summed E-state index contributed by atoms with van der Waals surface area (Å²) in [5, 5.41) is 8.71. The van der Waals surface area contributed by atoms with Crippen molar-refractivity contribution in [2.24, 2.45) is 0 Å². The van der Waals surface area contributed by atoms with E-state index in [1.165, 1.54) is 12.0 Å². The Balaban J connectivity index is 3.06. The Morgan fingerprint density at radius 2 is 2.10 bits per heavy atom. The predicted octanol–water partition coefficient (Wildman–Crippen LogP) is 0.974. The van der Waals surface area contributed by atoms with Crippen LogP contribution in [0.5, 0.6) is 0 Å². The van der Waals surface area contributed by atoms with E-state index in [-0.39, 0.29) is 19.1 Å². The molecule has 0 saturated heterocycles. The highest BCUT2D eigenvalue weighted by Crippen LogP contribution is 2.13. The first-order chi connectivity index (χ1) is 10.0. The Morgan fingerprint density at radius 3 is 2.67 bits per heavy atom. The monoisotopic (exact) mass is 289 g/mol. The predicted molar refractivity (Wildman–Crippen MR) is 78.7 cm³/mol. The van der Waals surface area contributed by atoms with Crippen molar-refractivity contribution in [3.05, 3.63) is 34.9 Å². The van der Waals surface area contributed by atoms with Crippen LogP contribution < -0.4 is 0 Å². The average Bonchev–Trinajstić information content (AvgIpc) is 2.50. The number of nitrogens with zero attached hydrogens (tertiary/aromatic N) is 1. The van der Waals surface area contributed by atoms with Crippen LogP contribution in [-0.2, 0) is 9.53 Å². The van der Waals surface area contributed by atoms with Gasteiger partial charge in [-0.15, -0.1) is 0 Å². The number of amides is 1. The van der Waals surface area contributed by atoms with Crippen LogP contribution in [0.2, 0.25) is 0 Å². The maximum atomic E-state index is 12.5. The van der Waals surface area contributed by atoms with Gasteiger partial charge in [0.2, 0.25) is 0 Å². The fourth-order valence-electron chi connectivity index (χ4n) is 1.79. The highest BCUT2D eigenvalue weighted by molar-refractivity contribution is 5.97. The summed E-state index contributed by atoms with van der Waals surface area (Å²) in [5.41, 5.74) is 1.94. The van der Waals surface area contributed by atoms with E-state index in [0.717, 1.165) is 5.56 Å². The summed E-state index contributed by atoms with van der Waals surface area (Å²) in [6.07, 6.45) is 0. The van der Waals surface area contributed by atoms with Crippen LogP contribution in [0.4, 0.5) is 0 Å². The van der Waals surface area contributed by atoms with Gasteiger partial charge in [-0.25, -0.2) is 0 Å². The summed E-state index contributed by atoms with van der Waals surface area (Å²) in [6.45, 7) is 3.70. The molecule has 1 N–H and O–H groups in total. The molecule has 21 heavy (non-hydrogen) atoms. The summed E-state index contributed by atoms with van der Waals surface area (Å²) < 4.78 is 4.59. The lowest BCUT2D eigenvalue weighted by Crippen LogP contribution is -2.36. The Labute approximate surface area is 124 Å². The van der Waals surface area contributed by atoms with E-state index in [9.17, 15) is 9.59 Å². The van der Waals surface area contributed by atoms with Crippen molar-refractivity contribution in [2.45, 2.75) is 13.8 Å². The second kappa shape index (κ2) is 8.08. The minimum absolute atomic E-state index is 0.0855. The third-order valence-corrected chi connectivity index (χ3v) is 3.00. The Morgan fingerprint density at radius 1 is 1.38 bits per heavy atom. The molecule has 0 fully saturated rings. The molecule has 1 aromatic rings. The first kappa shape index (κ1) is 16.7. The Bertz CT molecular complexity index is 584. The van der Waals surface area contributed by atoms with Crippen LogP contribution in [0.25, 0.3) is 0 Å². The number of methoxy groups -OCH3 is 1. The van der Waals surface area contributed by atoms with Crippen LogP contribution in [0.1, 0.15) is 28.4 Å². The molecule has 0 aromatic heterocycles. The van der Waals surface area contributed by atoms with Crippen molar-refractivity contribution >= 4 is 11.9 Å². The summed E-state index contributed by atoms with van der Waals surface area (Å²) in [4.78, 5) is 25.3. The van der Waals surface area contributed by atoms with Gasteiger partial charge >= 0.3 is 5.97 Å². The van der Waals surface area contributed by atoms with E-state index in [0.29, 0.717) is 17.7 Å². The number of aliphatic hydroxyl groups excluding tert-OH is 1. The van der Waals surface area contributed by atoms with Crippen molar-refractivity contribution in [1.82, 2.24) is 4.90 Å². The molecule has 0 heterocycles. The van der Waals surface area contributed by atoms with Crippen molar-refractivity contribution in [2.75, 3.05) is 26.8 Å². The van der Waals surface area contributed by atoms with Crippen LogP contribution in [-0.4, -0.2) is 48.7 Å². The lowest BCUT2D eigenvalue weighted by Gasteiger charge is -2.20. The van der Waals surface area contributed by atoms with Gasteiger partial charge in [-0.1, -0.05) is 17.9 Å². The summed E-state index contributed by atoms with van der Waals surface area (Å²) in [5.74, 6) is 4.60. The number of ether oxygens (including phenoxy) is 1. The zero-order valence-corrected chi connectivity index (χ0v) is 12.5. The molecule has 1 amide bonds. The molecule has 0 spiro atoms. The quantitative estimate of drug-likeness (QED) is 0.662. The van der Waals surface area contributed by atoms with Gasteiger partial charge in [-0.2, -0.15) is 0 Å². The highest BCUT2D eigenvalue weighted by atomic mass is 16.5. The van der Waals surface area contributed by atoms with Crippen molar-refractivity contribution in [1.29, 1.82) is 0 Å². The van der Waals surface area contributed by atoms with Gasteiger partial charge in [0.25, 0.3) is 5.91 Å². The molecule has 0 bridgehead atoms. The van der Waals surface area contributed by atoms with Gasteiger partial charge in [0.15, 0.2) is 0 Å². The zero-order chi connectivity index (χ0) is 15.8. The van der Waals surface area contributed by atoms with E-state index in [1.54, 1.807) is 25.1 Å². The number of hydrogen-bond donors (Lipinski definition) is 1. The molecule has 0 radical (unpaired) electrons. The number of carbonyl (C=O) groups excluding carboxylic acids is 2. The fourth-order valence-corrected chi connectivity index (χ4v) is 1.79. The SMILES string of the molecule is CCN(CC(=O)OC)C(=O)c1cc(C#CCO)ccc1C. The number of aryl methyl sites for hydroxylation is 1. The molecule has 1 aromatic carbocycles. The number of esters is 1. The smallest absolute Gasteiger partial charge is 0.325 e. The lowest BCUT2D eigenvalue weighted by atomic mass is 10.0. The number of aliphatic hydroxyl groups is 1. The number of likely N-dealkylation sites (N-methyl/N-ethyl adjacent to an activating group) is 1.